The molecule has 1 aromatic carbocycles. The second-order valence-electron chi connectivity index (χ2n) is 6.69. The van der Waals surface area contributed by atoms with E-state index >= 15 is 0 Å². The molecule has 0 saturated carbocycles. The molecule has 8 heteroatoms. The topological polar surface area (TPSA) is 102 Å². The summed E-state index contributed by atoms with van der Waals surface area (Å²) >= 11 is 0. The van der Waals surface area contributed by atoms with Gasteiger partial charge in [-0.1, -0.05) is 29.8 Å². The van der Waals surface area contributed by atoms with Gasteiger partial charge in [-0.25, -0.2) is 5.43 Å². The SMILES string of the molecule is Cc1ccc(Cn2nc(C)c(/C=N/NC(=O)C(=O)NCc3ccco3)c2C)cc1. The van der Waals surface area contributed by atoms with Crippen molar-refractivity contribution in [3.8, 4) is 0 Å². The van der Waals surface area contributed by atoms with Gasteiger partial charge in [0.05, 0.1) is 31.3 Å². The first kappa shape index (κ1) is 20.1. The minimum Gasteiger partial charge on any atom is -0.467 e. The molecule has 2 heterocycles. The molecular formula is C21H23N5O3. The van der Waals surface area contributed by atoms with E-state index < -0.39 is 11.8 Å². The van der Waals surface area contributed by atoms with E-state index in [0.29, 0.717) is 12.3 Å². The lowest BCUT2D eigenvalue weighted by Gasteiger charge is -2.05. The Hall–Kier alpha value is -3.68. The lowest BCUT2D eigenvalue weighted by Crippen LogP contribution is -2.37. The van der Waals surface area contributed by atoms with Crippen molar-refractivity contribution < 1.29 is 14.0 Å². The van der Waals surface area contributed by atoms with Gasteiger partial charge in [0.1, 0.15) is 5.76 Å². The molecule has 0 saturated heterocycles. The van der Waals surface area contributed by atoms with E-state index in [2.05, 4.69) is 45.2 Å². The molecule has 3 rings (SSSR count). The molecular weight excluding hydrogens is 370 g/mol. The van der Waals surface area contributed by atoms with Gasteiger partial charge in [0.15, 0.2) is 0 Å². The number of rotatable bonds is 6. The van der Waals surface area contributed by atoms with Crippen LogP contribution in [-0.4, -0.2) is 27.8 Å². The van der Waals surface area contributed by atoms with Crippen LogP contribution in [0.1, 0.15) is 33.8 Å². The van der Waals surface area contributed by atoms with Crippen molar-refractivity contribution in [2.24, 2.45) is 5.10 Å². The summed E-state index contributed by atoms with van der Waals surface area (Å²) in [6, 6.07) is 11.7. The van der Waals surface area contributed by atoms with Gasteiger partial charge in [-0.2, -0.15) is 10.2 Å². The number of aromatic nitrogens is 2. The molecule has 0 bridgehead atoms. The third kappa shape index (κ3) is 5.19. The Morgan fingerprint density at radius 3 is 2.59 bits per heavy atom. The van der Waals surface area contributed by atoms with Gasteiger partial charge < -0.3 is 9.73 Å². The normalized spacial score (nSPS) is 11.0. The van der Waals surface area contributed by atoms with E-state index in [-0.39, 0.29) is 6.54 Å². The van der Waals surface area contributed by atoms with Gasteiger partial charge in [-0.15, -0.1) is 0 Å². The van der Waals surface area contributed by atoms with Crippen LogP contribution in [0.3, 0.4) is 0 Å². The van der Waals surface area contributed by atoms with Crippen LogP contribution in [-0.2, 0) is 22.7 Å². The smallest absolute Gasteiger partial charge is 0.329 e. The molecule has 0 aliphatic carbocycles. The number of hydrazone groups is 1. The van der Waals surface area contributed by atoms with Crippen molar-refractivity contribution in [2.75, 3.05) is 0 Å². The number of carbonyl (C=O) groups excluding carboxylic acids is 2. The minimum atomic E-state index is -0.852. The molecule has 150 valence electrons. The second kappa shape index (κ2) is 9.01. The third-order valence-corrected chi connectivity index (χ3v) is 4.46. The number of benzene rings is 1. The zero-order valence-corrected chi connectivity index (χ0v) is 16.6. The summed E-state index contributed by atoms with van der Waals surface area (Å²) in [5.74, 6) is -1.08. The number of nitrogens with one attached hydrogen (secondary N) is 2. The van der Waals surface area contributed by atoms with Crippen molar-refractivity contribution in [3.63, 3.8) is 0 Å². The van der Waals surface area contributed by atoms with Crippen LogP contribution in [0.2, 0.25) is 0 Å². The van der Waals surface area contributed by atoms with Crippen LogP contribution in [0.5, 0.6) is 0 Å². The number of aryl methyl sites for hydroxylation is 2. The van der Waals surface area contributed by atoms with Gasteiger partial charge >= 0.3 is 11.8 Å². The van der Waals surface area contributed by atoms with E-state index in [9.17, 15) is 9.59 Å². The van der Waals surface area contributed by atoms with E-state index in [1.165, 1.54) is 18.0 Å². The van der Waals surface area contributed by atoms with E-state index in [0.717, 1.165) is 22.5 Å². The van der Waals surface area contributed by atoms with Crippen LogP contribution in [0.15, 0.2) is 52.2 Å². The Morgan fingerprint density at radius 1 is 1.14 bits per heavy atom. The highest BCUT2D eigenvalue weighted by atomic mass is 16.3. The molecule has 0 aliphatic rings. The molecule has 0 unspecified atom stereocenters. The lowest BCUT2D eigenvalue weighted by molar-refractivity contribution is -0.139. The van der Waals surface area contributed by atoms with E-state index in [4.69, 9.17) is 4.42 Å². The van der Waals surface area contributed by atoms with Crippen molar-refractivity contribution >= 4 is 18.0 Å². The van der Waals surface area contributed by atoms with Crippen molar-refractivity contribution in [3.05, 3.63) is 76.5 Å². The molecule has 0 spiro atoms. The molecule has 2 N–H and O–H groups in total. The zero-order chi connectivity index (χ0) is 20.8. The maximum absolute atomic E-state index is 11.8. The highest BCUT2D eigenvalue weighted by Gasteiger charge is 2.14. The highest BCUT2D eigenvalue weighted by molar-refractivity contribution is 6.35. The Labute approximate surface area is 168 Å². The molecule has 2 amide bonds. The number of hydrogen-bond donors (Lipinski definition) is 2. The Morgan fingerprint density at radius 2 is 1.90 bits per heavy atom. The predicted octanol–water partition coefficient (Wildman–Crippen LogP) is 2.22. The van der Waals surface area contributed by atoms with Crippen LogP contribution in [0.4, 0.5) is 0 Å². The largest absolute Gasteiger partial charge is 0.467 e. The summed E-state index contributed by atoms with van der Waals surface area (Å²) in [7, 11) is 0. The van der Waals surface area contributed by atoms with Crippen molar-refractivity contribution in [1.29, 1.82) is 0 Å². The van der Waals surface area contributed by atoms with Crippen LogP contribution < -0.4 is 10.7 Å². The maximum Gasteiger partial charge on any atom is 0.329 e. The first-order valence-corrected chi connectivity index (χ1v) is 9.17. The predicted molar refractivity (Wildman–Crippen MR) is 108 cm³/mol. The summed E-state index contributed by atoms with van der Waals surface area (Å²) in [6.07, 6.45) is 3.00. The molecule has 0 aliphatic heterocycles. The fourth-order valence-corrected chi connectivity index (χ4v) is 2.79. The van der Waals surface area contributed by atoms with E-state index in [1.54, 1.807) is 12.1 Å². The van der Waals surface area contributed by atoms with Gasteiger partial charge in [-0.05, 0) is 38.5 Å². The summed E-state index contributed by atoms with van der Waals surface area (Å²) in [6.45, 7) is 6.63. The first-order chi connectivity index (χ1) is 13.9. The van der Waals surface area contributed by atoms with Gasteiger partial charge in [0.2, 0.25) is 0 Å². The zero-order valence-electron chi connectivity index (χ0n) is 16.6. The van der Waals surface area contributed by atoms with Gasteiger partial charge in [0, 0.05) is 11.3 Å². The monoisotopic (exact) mass is 393 g/mol. The second-order valence-corrected chi connectivity index (χ2v) is 6.69. The van der Waals surface area contributed by atoms with Gasteiger partial charge in [0.25, 0.3) is 0 Å². The minimum absolute atomic E-state index is 0.132. The summed E-state index contributed by atoms with van der Waals surface area (Å²) in [4.78, 5) is 23.6. The Bertz CT molecular complexity index is 1020. The third-order valence-electron chi connectivity index (χ3n) is 4.46. The Balaban J connectivity index is 1.58. The van der Waals surface area contributed by atoms with Gasteiger partial charge in [-0.3, -0.25) is 14.3 Å². The Kier molecular flexibility index (Phi) is 6.23. The summed E-state index contributed by atoms with van der Waals surface area (Å²) < 4.78 is 6.98. The van der Waals surface area contributed by atoms with E-state index in [1.807, 2.05) is 25.5 Å². The maximum atomic E-state index is 11.8. The molecule has 0 radical (unpaired) electrons. The lowest BCUT2D eigenvalue weighted by atomic mass is 10.1. The number of hydrogen-bond acceptors (Lipinski definition) is 5. The standard InChI is InChI=1S/C21H23N5O3/c1-14-6-8-17(9-7-14)13-26-16(3)19(15(2)25-26)12-23-24-21(28)20(27)22-11-18-5-4-10-29-18/h4-10,12H,11,13H2,1-3H3,(H,22,27)(H,24,28)/b23-12+. The molecule has 29 heavy (non-hydrogen) atoms. The number of amides is 2. The molecule has 2 aromatic heterocycles. The summed E-state index contributed by atoms with van der Waals surface area (Å²) in [5, 5.41) is 10.9. The fraction of sp³-hybridized carbons (Fsp3) is 0.238. The number of carbonyl (C=O) groups is 2. The average molecular weight is 393 g/mol. The number of nitrogens with zero attached hydrogens (tertiary/aromatic N) is 3. The van der Waals surface area contributed by atoms with Crippen molar-refractivity contribution in [1.82, 2.24) is 20.5 Å². The molecule has 0 atom stereocenters. The van der Waals surface area contributed by atoms with Crippen LogP contribution in [0.25, 0.3) is 0 Å². The first-order valence-electron chi connectivity index (χ1n) is 9.17. The average Bonchev–Trinajstić information content (AvgIpc) is 3.31. The highest BCUT2D eigenvalue weighted by Crippen LogP contribution is 2.13. The molecule has 0 fully saturated rings. The van der Waals surface area contributed by atoms with Crippen LogP contribution >= 0.6 is 0 Å². The number of furan rings is 1. The molecule has 8 nitrogen and oxygen atoms in total. The fourth-order valence-electron chi connectivity index (χ4n) is 2.79. The quantitative estimate of drug-likeness (QED) is 0.381. The van der Waals surface area contributed by atoms with Crippen LogP contribution in [0, 0.1) is 20.8 Å². The van der Waals surface area contributed by atoms with Crippen molar-refractivity contribution in [2.45, 2.75) is 33.9 Å². The molecule has 3 aromatic rings. The summed E-state index contributed by atoms with van der Waals surface area (Å²) in [5.41, 5.74) is 7.09.